The fourth-order valence-electron chi connectivity index (χ4n) is 3.40. The van der Waals surface area contributed by atoms with E-state index in [1.54, 1.807) is 7.11 Å². The van der Waals surface area contributed by atoms with Gasteiger partial charge in [0.25, 0.3) is 0 Å². The van der Waals surface area contributed by atoms with Crippen molar-refractivity contribution < 1.29 is 14.6 Å². The summed E-state index contributed by atoms with van der Waals surface area (Å²) in [4.78, 5) is 12.2. The van der Waals surface area contributed by atoms with Crippen LogP contribution in [0.2, 0.25) is 0 Å². The second-order valence-corrected chi connectivity index (χ2v) is 6.57. The van der Waals surface area contributed by atoms with Gasteiger partial charge in [0.15, 0.2) is 0 Å². The summed E-state index contributed by atoms with van der Waals surface area (Å²) in [7, 11) is 1.66. The Morgan fingerprint density at radius 1 is 1.16 bits per heavy atom. The molecule has 2 atom stereocenters. The number of carbonyl (C=O) groups is 1. The highest BCUT2D eigenvalue weighted by atomic mass is 16.5. The summed E-state index contributed by atoms with van der Waals surface area (Å²) in [5.41, 5.74) is 3.42. The molecule has 0 saturated carbocycles. The summed E-state index contributed by atoms with van der Waals surface area (Å²) in [6, 6.07) is 15.7. The Morgan fingerprint density at radius 2 is 1.92 bits per heavy atom. The van der Waals surface area contributed by atoms with Crippen LogP contribution in [-0.4, -0.2) is 24.2 Å². The number of aliphatic hydroxyl groups is 1. The molecule has 2 aromatic carbocycles. The van der Waals surface area contributed by atoms with Crippen LogP contribution in [-0.2, 0) is 17.6 Å². The lowest BCUT2D eigenvalue weighted by molar-refractivity contribution is -0.122. The average Bonchev–Trinajstić information content (AvgIpc) is 2.95. The minimum atomic E-state index is -0.527. The fraction of sp³-hybridized carbons (Fsp3) is 0.381. The second-order valence-electron chi connectivity index (χ2n) is 6.57. The summed E-state index contributed by atoms with van der Waals surface area (Å²) in [5, 5.41) is 13.2. The molecule has 1 aliphatic carbocycles. The minimum absolute atomic E-state index is 0.00971. The maximum absolute atomic E-state index is 12.2. The van der Waals surface area contributed by atoms with E-state index in [4.69, 9.17) is 4.74 Å². The molecule has 2 aromatic rings. The number of rotatable bonds is 7. The van der Waals surface area contributed by atoms with Gasteiger partial charge in [0.05, 0.1) is 19.3 Å². The summed E-state index contributed by atoms with van der Waals surface area (Å²) in [6.45, 7) is 0. The SMILES string of the molecule is COc1ccc(CCCCC(=O)N[C@@H]2c3ccccc3C[C@@H]2O)cc1. The molecule has 0 fully saturated rings. The number of amides is 1. The standard InChI is InChI=1S/C21H25NO3/c1-25-17-12-10-15(11-13-17)6-2-5-9-20(24)22-21-18-8-4-3-7-16(18)14-19(21)23/h3-4,7-8,10-13,19,21,23H,2,5-6,9,14H2,1H3,(H,22,24)/t19-,21+/m0/s1. The van der Waals surface area contributed by atoms with Crippen LogP contribution in [0.4, 0.5) is 0 Å². The summed E-state index contributed by atoms with van der Waals surface area (Å²) >= 11 is 0. The predicted octanol–water partition coefficient (Wildman–Crippen LogP) is 3.18. The molecular weight excluding hydrogens is 314 g/mol. The highest BCUT2D eigenvalue weighted by Crippen LogP contribution is 2.31. The van der Waals surface area contributed by atoms with E-state index >= 15 is 0 Å². The number of nitrogens with one attached hydrogen (secondary N) is 1. The molecule has 0 radical (unpaired) electrons. The van der Waals surface area contributed by atoms with Crippen LogP contribution < -0.4 is 10.1 Å². The van der Waals surface area contributed by atoms with Crippen molar-refractivity contribution >= 4 is 5.91 Å². The van der Waals surface area contributed by atoms with E-state index in [1.807, 2.05) is 36.4 Å². The molecule has 0 saturated heterocycles. The highest BCUT2D eigenvalue weighted by molar-refractivity contribution is 5.76. The lowest BCUT2D eigenvalue weighted by atomic mass is 10.1. The van der Waals surface area contributed by atoms with Gasteiger partial charge in [-0.2, -0.15) is 0 Å². The van der Waals surface area contributed by atoms with Gasteiger partial charge in [-0.1, -0.05) is 36.4 Å². The van der Waals surface area contributed by atoms with E-state index in [-0.39, 0.29) is 11.9 Å². The van der Waals surface area contributed by atoms with E-state index in [1.165, 1.54) is 5.56 Å². The highest BCUT2D eigenvalue weighted by Gasteiger charge is 2.31. The molecular formula is C21H25NO3. The van der Waals surface area contributed by atoms with Crippen LogP contribution in [0.5, 0.6) is 5.75 Å². The summed E-state index contributed by atoms with van der Waals surface area (Å²) in [5.74, 6) is 0.869. The summed E-state index contributed by atoms with van der Waals surface area (Å²) in [6.07, 6.45) is 3.32. The third-order valence-electron chi connectivity index (χ3n) is 4.80. The second kappa shape index (κ2) is 8.17. The van der Waals surface area contributed by atoms with Gasteiger partial charge in [-0.05, 0) is 48.1 Å². The number of carbonyl (C=O) groups excluding carboxylic acids is 1. The van der Waals surface area contributed by atoms with Gasteiger partial charge < -0.3 is 15.2 Å². The predicted molar refractivity (Wildman–Crippen MR) is 97.6 cm³/mol. The van der Waals surface area contributed by atoms with Gasteiger partial charge >= 0.3 is 0 Å². The Balaban J connectivity index is 1.42. The average molecular weight is 339 g/mol. The van der Waals surface area contributed by atoms with Gasteiger partial charge in [-0.15, -0.1) is 0 Å². The number of ether oxygens (including phenoxy) is 1. The van der Waals surface area contributed by atoms with Gasteiger partial charge in [-0.25, -0.2) is 0 Å². The Labute approximate surface area is 148 Å². The Kier molecular flexibility index (Phi) is 5.71. The minimum Gasteiger partial charge on any atom is -0.497 e. The van der Waals surface area contributed by atoms with Crippen LogP contribution >= 0.6 is 0 Å². The zero-order valence-corrected chi connectivity index (χ0v) is 14.6. The first-order valence-corrected chi connectivity index (χ1v) is 8.85. The summed E-state index contributed by atoms with van der Waals surface area (Å²) < 4.78 is 5.15. The Morgan fingerprint density at radius 3 is 2.68 bits per heavy atom. The smallest absolute Gasteiger partial charge is 0.220 e. The fourth-order valence-corrected chi connectivity index (χ4v) is 3.40. The van der Waals surface area contributed by atoms with Crippen molar-refractivity contribution in [1.82, 2.24) is 5.32 Å². The third-order valence-corrected chi connectivity index (χ3v) is 4.80. The number of methoxy groups -OCH3 is 1. The molecule has 4 nitrogen and oxygen atoms in total. The molecule has 25 heavy (non-hydrogen) atoms. The molecule has 4 heteroatoms. The van der Waals surface area contributed by atoms with E-state index in [9.17, 15) is 9.90 Å². The molecule has 3 rings (SSSR count). The molecule has 2 N–H and O–H groups in total. The first kappa shape index (κ1) is 17.5. The molecule has 0 spiro atoms. The molecule has 0 bridgehead atoms. The van der Waals surface area contributed by atoms with Gasteiger partial charge in [0.1, 0.15) is 5.75 Å². The lowest BCUT2D eigenvalue weighted by Crippen LogP contribution is -2.33. The number of hydrogen-bond donors (Lipinski definition) is 2. The first-order chi connectivity index (χ1) is 12.2. The zero-order chi connectivity index (χ0) is 17.6. The molecule has 132 valence electrons. The molecule has 1 amide bonds. The first-order valence-electron chi connectivity index (χ1n) is 8.85. The third kappa shape index (κ3) is 4.40. The van der Waals surface area contributed by atoms with Crippen LogP contribution in [0.3, 0.4) is 0 Å². The maximum Gasteiger partial charge on any atom is 0.220 e. The zero-order valence-electron chi connectivity index (χ0n) is 14.6. The normalized spacial score (nSPS) is 18.6. The number of aryl methyl sites for hydroxylation is 1. The van der Waals surface area contributed by atoms with Gasteiger partial charge in [0, 0.05) is 12.8 Å². The van der Waals surface area contributed by atoms with Crippen LogP contribution in [0.15, 0.2) is 48.5 Å². The van der Waals surface area contributed by atoms with E-state index in [0.717, 1.165) is 36.1 Å². The number of aliphatic hydroxyl groups excluding tert-OH is 1. The Bertz CT molecular complexity index is 711. The lowest BCUT2D eigenvalue weighted by Gasteiger charge is -2.18. The number of benzene rings is 2. The Hall–Kier alpha value is -2.33. The van der Waals surface area contributed by atoms with E-state index in [2.05, 4.69) is 17.4 Å². The van der Waals surface area contributed by atoms with Crippen molar-refractivity contribution in [2.24, 2.45) is 0 Å². The quantitative estimate of drug-likeness (QED) is 0.762. The molecule has 1 aliphatic rings. The van der Waals surface area contributed by atoms with Crippen molar-refractivity contribution in [1.29, 1.82) is 0 Å². The van der Waals surface area contributed by atoms with Crippen molar-refractivity contribution in [2.75, 3.05) is 7.11 Å². The van der Waals surface area contributed by atoms with Gasteiger partial charge in [0.2, 0.25) is 5.91 Å². The largest absolute Gasteiger partial charge is 0.497 e. The van der Waals surface area contributed by atoms with E-state index in [0.29, 0.717) is 12.8 Å². The number of unbranched alkanes of at least 4 members (excludes halogenated alkanes) is 1. The van der Waals surface area contributed by atoms with Gasteiger partial charge in [-0.3, -0.25) is 4.79 Å². The molecule has 0 aromatic heterocycles. The topological polar surface area (TPSA) is 58.6 Å². The molecule has 0 heterocycles. The van der Waals surface area contributed by atoms with Crippen LogP contribution in [0.1, 0.15) is 42.0 Å². The van der Waals surface area contributed by atoms with Crippen molar-refractivity contribution in [2.45, 2.75) is 44.2 Å². The molecule has 0 aliphatic heterocycles. The van der Waals surface area contributed by atoms with E-state index < -0.39 is 6.10 Å². The maximum atomic E-state index is 12.2. The van der Waals surface area contributed by atoms with Crippen LogP contribution in [0.25, 0.3) is 0 Å². The number of fused-ring (bicyclic) bond motifs is 1. The molecule has 0 unspecified atom stereocenters. The van der Waals surface area contributed by atoms with Crippen molar-refractivity contribution in [3.05, 3.63) is 65.2 Å². The number of hydrogen-bond acceptors (Lipinski definition) is 3. The monoisotopic (exact) mass is 339 g/mol. The van der Waals surface area contributed by atoms with Crippen LogP contribution in [0, 0.1) is 0 Å². The van der Waals surface area contributed by atoms with Crippen molar-refractivity contribution in [3.63, 3.8) is 0 Å². The van der Waals surface area contributed by atoms with Crippen molar-refractivity contribution in [3.8, 4) is 5.75 Å².